The van der Waals surface area contributed by atoms with Gasteiger partial charge in [0.2, 0.25) is 5.88 Å². The Kier molecular flexibility index (Phi) is 5.30. The second kappa shape index (κ2) is 7.50. The minimum absolute atomic E-state index is 0.0457. The minimum Gasteiger partial charge on any atom is -0.481 e. The van der Waals surface area contributed by atoms with Crippen molar-refractivity contribution in [2.45, 2.75) is 9.10 Å². The lowest BCUT2D eigenvalue weighted by Crippen LogP contribution is -2.15. The van der Waals surface area contributed by atoms with E-state index in [1.165, 1.54) is 49.8 Å². The van der Waals surface area contributed by atoms with Crippen molar-refractivity contribution in [1.29, 1.82) is 0 Å². The molecule has 0 amide bonds. The number of nitrogens with zero attached hydrogens (tertiary/aromatic N) is 2. The number of thiophene rings is 1. The third-order valence-corrected chi connectivity index (χ3v) is 7.42. The molecule has 1 aromatic carbocycles. The lowest BCUT2D eigenvalue weighted by molar-refractivity contribution is 0.397. The van der Waals surface area contributed by atoms with Gasteiger partial charge in [0.25, 0.3) is 20.0 Å². The van der Waals surface area contributed by atoms with E-state index in [-0.39, 0.29) is 26.5 Å². The first kappa shape index (κ1) is 19.1. The number of nitrogens with one attached hydrogen (secondary N) is 2. The number of sulfonamides is 2. The summed E-state index contributed by atoms with van der Waals surface area (Å²) in [6.07, 6.45) is 1.17. The second-order valence-electron chi connectivity index (χ2n) is 5.11. The highest BCUT2D eigenvalue weighted by atomic mass is 32.2. The summed E-state index contributed by atoms with van der Waals surface area (Å²) in [4.78, 5) is 7.56. The molecule has 12 heteroatoms. The second-order valence-corrected chi connectivity index (χ2v) is 9.65. The molecule has 0 aliphatic heterocycles. The standard InChI is InChI=1S/C15H14N4O5S3/c1-24-14-9-13(16-10-17-14)19-26(20,21)12-6-4-11(5-7-12)18-27(22,23)15-3-2-8-25-15/h2-10,18H,1H3,(H,16,17,19). The van der Waals surface area contributed by atoms with Crippen LogP contribution in [-0.4, -0.2) is 33.9 Å². The third-order valence-electron chi connectivity index (χ3n) is 3.27. The Bertz CT molecular complexity index is 1130. The molecular formula is C15H14N4O5S3. The van der Waals surface area contributed by atoms with Crippen LogP contribution in [0.25, 0.3) is 0 Å². The number of hydrogen-bond acceptors (Lipinski definition) is 8. The highest BCUT2D eigenvalue weighted by molar-refractivity contribution is 7.94. The molecule has 2 heterocycles. The monoisotopic (exact) mass is 426 g/mol. The molecule has 0 saturated heterocycles. The van der Waals surface area contributed by atoms with Gasteiger partial charge in [-0.15, -0.1) is 11.3 Å². The van der Waals surface area contributed by atoms with Gasteiger partial charge in [0, 0.05) is 11.8 Å². The lowest BCUT2D eigenvalue weighted by Gasteiger charge is -2.10. The molecule has 0 unspecified atom stereocenters. The molecule has 27 heavy (non-hydrogen) atoms. The molecule has 0 spiro atoms. The molecule has 9 nitrogen and oxygen atoms in total. The third kappa shape index (κ3) is 4.53. The normalized spacial score (nSPS) is 11.7. The molecule has 0 aliphatic carbocycles. The van der Waals surface area contributed by atoms with Crippen molar-refractivity contribution in [3.05, 3.63) is 54.2 Å². The number of anilines is 2. The molecule has 0 radical (unpaired) electrons. The summed E-state index contributed by atoms with van der Waals surface area (Å²) in [6.45, 7) is 0. The smallest absolute Gasteiger partial charge is 0.271 e. The number of ether oxygens (including phenoxy) is 1. The number of methoxy groups -OCH3 is 1. The number of benzene rings is 1. The molecule has 0 atom stereocenters. The zero-order valence-electron chi connectivity index (χ0n) is 13.9. The molecule has 0 bridgehead atoms. The topological polar surface area (TPSA) is 127 Å². The summed E-state index contributed by atoms with van der Waals surface area (Å²) in [5.41, 5.74) is 0.242. The van der Waals surface area contributed by atoms with Crippen LogP contribution in [0.3, 0.4) is 0 Å². The number of hydrogen-bond donors (Lipinski definition) is 2. The molecule has 0 aliphatic rings. The Morgan fingerprint density at radius 1 is 0.963 bits per heavy atom. The van der Waals surface area contributed by atoms with Crippen LogP contribution in [0.5, 0.6) is 5.88 Å². The van der Waals surface area contributed by atoms with Crippen LogP contribution in [0.2, 0.25) is 0 Å². The summed E-state index contributed by atoms with van der Waals surface area (Å²) in [7, 11) is -6.22. The van der Waals surface area contributed by atoms with E-state index in [1.54, 1.807) is 11.4 Å². The average Bonchev–Trinajstić information content (AvgIpc) is 3.17. The highest BCUT2D eigenvalue weighted by Gasteiger charge is 2.18. The minimum atomic E-state index is -3.91. The van der Waals surface area contributed by atoms with Gasteiger partial charge in [0.1, 0.15) is 16.4 Å². The van der Waals surface area contributed by atoms with Crippen molar-refractivity contribution >= 4 is 42.9 Å². The molecule has 3 aromatic rings. The van der Waals surface area contributed by atoms with Crippen molar-refractivity contribution in [2.75, 3.05) is 16.6 Å². The molecule has 142 valence electrons. The zero-order chi connectivity index (χ0) is 19.5. The Labute approximate surface area is 160 Å². The summed E-state index contributed by atoms with van der Waals surface area (Å²) in [6, 6.07) is 9.73. The van der Waals surface area contributed by atoms with Crippen molar-refractivity contribution in [3.63, 3.8) is 0 Å². The van der Waals surface area contributed by atoms with Gasteiger partial charge in [0.05, 0.1) is 12.0 Å². The highest BCUT2D eigenvalue weighted by Crippen LogP contribution is 2.22. The number of rotatable bonds is 7. The van der Waals surface area contributed by atoms with E-state index in [1.807, 2.05) is 0 Å². The molecular weight excluding hydrogens is 412 g/mol. The van der Waals surface area contributed by atoms with Crippen LogP contribution in [0, 0.1) is 0 Å². The maximum absolute atomic E-state index is 12.4. The van der Waals surface area contributed by atoms with Crippen LogP contribution >= 0.6 is 11.3 Å². The first-order chi connectivity index (χ1) is 12.8. The fraction of sp³-hybridized carbons (Fsp3) is 0.0667. The Morgan fingerprint density at radius 3 is 2.33 bits per heavy atom. The maximum atomic E-state index is 12.4. The molecule has 0 saturated carbocycles. The Morgan fingerprint density at radius 2 is 1.70 bits per heavy atom. The largest absolute Gasteiger partial charge is 0.481 e. The first-order valence-electron chi connectivity index (χ1n) is 7.35. The van der Waals surface area contributed by atoms with E-state index < -0.39 is 20.0 Å². The van der Waals surface area contributed by atoms with E-state index in [2.05, 4.69) is 19.4 Å². The maximum Gasteiger partial charge on any atom is 0.271 e. The SMILES string of the molecule is COc1cc(NS(=O)(=O)c2ccc(NS(=O)(=O)c3cccs3)cc2)ncn1. The van der Waals surface area contributed by atoms with Crippen LogP contribution in [0.1, 0.15) is 0 Å². The number of aromatic nitrogens is 2. The van der Waals surface area contributed by atoms with Gasteiger partial charge in [0.15, 0.2) is 0 Å². The lowest BCUT2D eigenvalue weighted by atomic mass is 10.3. The summed E-state index contributed by atoms with van der Waals surface area (Å²) in [5, 5.41) is 1.65. The van der Waals surface area contributed by atoms with E-state index in [9.17, 15) is 16.8 Å². The van der Waals surface area contributed by atoms with Gasteiger partial charge < -0.3 is 4.74 Å². The van der Waals surface area contributed by atoms with E-state index in [4.69, 9.17) is 4.74 Å². The van der Waals surface area contributed by atoms with Gasteiger partial charge >= 0.3 is 0 Å². The van der Waals surface area contributed by atoms with Crippen molar-refractivity contribution in [2.24, 2.45) is 0 Å². The Hall–Kier alpha value is -2.70. The molecule has 2 aromatic heterocycles. The van der Waals surface area contributed by atoms with Gasteiger partial charge in [-0.25, -0.2) is 26.8 Å². The van der Waals surface area contributed by atoms with Crippen LogP contribution in [-0.2, 0) is 20.0 Å². The van der Waals surface area contributed by atoms with Gasteiger partial charge in [-0.3, -0.25) is 9.44 Å². The van der Waals surface area contributed by atoms with Crippen LogP contribution in [0.15, 0.2) is 63.3 Å². The van der Waals surface area contributed by atoms with E-state index in [0.717, 1.165) is 11.3 Å². The molecule has 3 rings (SSSR count). The fourth-order valence-electron chi connectivity index (χ4n) is 2.03. The summed E-state index contributed by atoms with van der Waals surface area (Å²) >= 11 is 1.08. The predicted octanol–water partition coefficient (Wildman–Crippen LogP) is 2.15. The van der Waals surface area contributed by atoms with Crippen LogP contribution in [0.4, 0.5) is 11.5 Å². The fourth-order valence-corrected chi connectivity index (χ4v) is 5.08. The summed E-state index contributed by atoms with van der Waals surface area (Å²) < 4.78 is 59.0. The summed E-state index contributed by atoms with van der Waals surface area (Å²) in [5.74, 6) is 0.255. The van der Waals surface area contributed by atoms with Gasteiger partial charge in [-0.05, 0) is 35.7 Å². The van der Waals surface area contributed by atoms with E-state index >= 15 is 0 Å². The van der Waals surface area contributed by atoms with Crippen molar-refractivity contribution < 1.29 is 21.6 Å². The predicted molar refractivity (Wildman–Crippen MR) is 101 cm³/mol. The average molecular weight is 427 g/mol. The van der Waals surface area contributed by atoms with Gasteiger partial charge in [-0.1, -0.05) is 6.07 Å². The zero-order valence-corrected chi connectivity index (χ0v) is 16.3. The Balaban J connectivity index is 1.78. The van der Waals surface area contributed by atoms with Crippen LogP contribution < -0.4 is 14.2 Å². The molecule has 0 fully saturated rings. The van der Waals surface area contributed by atoms with E-state index in [0.29, 0.717) is 0 Å². The molecule has 2 N–H and O–H groups in total. The first-order valence-corrected chi connectivity index (χ1v) is 11.2. The van der Waals surface area contributed by atoms with Crippen molar-refractivity contribution in [1.82, 2.24) is 9.97 Å². The van der Waals surface area contributed by atoms with Crippen molar-refractivity contribution in [3.8, 4) is 5.88 Å². The van der Waals surface area contributed by atoms with Gasteiger partial charge in [-0.2, -0.15) is 0 Å². The quantitative estimate of drug-likeness (QED) is 0.592.